The Kier molecular flexibility index (Phi) is 9.17. The fourth-order valence-corrected chi connectivity index (χ4v) is 2.95. The topological polar surface area (TPSA) is 61.8 Å². The molecule has 1 aromatic rings. The predicted molar refractivity (Wildman–Crippen MR) is 92.7 cm³/mol. The second-order valence-electron chi connectivity index (χ2n) is 5.71. The molecule has 2 N–H and O–H groups in total. The molecule has 0 bridgehead atoms. The smallest absolute Gasteiger partial charge is 0.236 e. The summed E-state index contributed by atoms with van der Waals surface area (Å²) in [4.78, 5) is 14.2. The van der Waals surface area contributed by atoms with E-state index in [0.717, 1.165) is 24.9 Å². The van der Waals surface area contributed by atoms with Crippen LogP contribution in [0.3, 0.4) is 0 Å². The Morgan fingerprint density at radius 3 is 2.87 bits per heavy atom. The molecule has 2 unspecified atom stereocenters. The van der Waals surface area contributed by atoms with Crippen LogP contribution in [0.5, 0.6) is 0 Å². The van der Waals surface area contributed by atoms with Crippen LogP contribution in [0.15, 0.2) is 30.3 Å². The van der Waals surface area contributed by atoms with Gasteiger partial charge in [0.25, 0.3) is 0 Å². The van der Waals surface area contributed by atoms with Gasteiger partial charge in [-0.05, 0) is 24.8 Å². The number of carbonyl (C=O) groups is 1. The quantitative estimate of drug-likeness (QED) is 0.707. The van der Waals surface area contributed by atoms with Crippen molar-refractivity contribution in [1.82, 2.24) is 10.2 Å². The van der Waals surface area contributed by atoms with Gasteiger partial charge < -0.3 is 20.1 Å². The zero-order chi connectivity index (χ0) is 15.8. The van der Waals surface area contributed by atoms with Gasteiger partial charge in [0.2, 0.25) is 5.91 Å². The molecule has 2 rings (SSSR count). The molecular weight excluding hydrogens is 316 g/mol. The first kappa shape index (κ1) is 19.9. The van der Waals surface area contributed by atoms with Crippen LogP contribution in [0.1, 0.15) is 30.9 Å². The molecule has 5 nitrogen and oxygen atoms in total. The number of halogens is 1. The third kappa shape index (κ3) is 6.11. The minimum Gasteiger partial charge on any atom is -0.388 e. The second-order valence-corrected chi connectivity index (χ2v) is 5.71. The molecule has 1 aromatic carbocycles. The van der Waals surface area contributed by atoms with E-state index >= 15 is 0 Å². The highest BCUT2D eigenvalue weighted by atomic mass is 35.5. The van der Waals surface area contributed by atoms with Crippen LogP contribution in [0.4, 0.5) is 0 Å². The van der Waals surface area contributed by atoms with Gasteiger partial charge in [-0.15, -0.1) is 12.4 Å². The number of nitrogens with one attached hydrogen (secondary N) is 1. The summed E-state index contributed by atoms with van der Waals surface area (Å²) in [6.45, 7) is 2.40. The first-order valence-corrected chi connectivity index (χ1v) is 7.94. The van der Waals surface area contributed by atoms with Crippen LogP contribution in [0, 0.1) is 0 Å². The van der Waals surface area contributed by atoms with E-state index in [4.69, 9.17) is 4.74 Å². The van der Waals surface area contributed by atoms with Gasteiger partial charge in [0.15, 0.2) is 0 Å². The standard InChI is InChI=1S/C17H26N2O3.ClH/c1-22-11-9-18-13-17(21)19-10-5-8-15(19)12-16(20)14-6-3-2-4-7-14;/h2-4,6-7,15-16,18,20H,5,8-13H2,1H3;1H. The summed E-state index contributed by atoms with van der Waals surface area (Å²) < 4.78 is 4.95. The summed E-state index contributed by atoms with van der Waals surface area (Å²) in [7, 11) is 1.64. The van der Waals surface area contributed by atoms with E-state index in [0.29, 0.717) is 26.1 Å². The van der Waals surface area contributed by atoms with Crippen molar-refractivity contribution >= 4 is 18.3 Å². The summed E-state index contributed by atoms with van der Waals surface area (Å²) in [5.41, 5.74) is 0.917. The van der Waals surface area contributed by atoms with Crippen molar-refractivity contribution in [3.63, 3.8) is 0 Å². The van der Waals surface area contributed by atoms with Gasteiger partial charge in [0, 0.05) is 26.2 Å². The lowest BCUT2D eigenvalue weighted by Crippen LogP contribution is -2.42. The van der Waals surface area contributed by atoms with E-state index in [1.165, 1.54) is 0 Å². The van der Waals surface area contributed by atoms with Crippen molar-refractivity contribution in [1.29, 1.82) is 0 Å². The van der Waals surface area contributed by atoms with Crippen LogP contribution in [-0.4, -0.2) is 55.3 Å². The average Bonchev–Trinajstić information content (AvgIpc) is 3.00. The predicted octanol–water partition coefficient (Wildman–Crippen LogP) is 1.76. The van der Waals surface area contributed by atoms with E-state index in [9.17, 15) is 9.90 Å². The number of methoxy groups -OCH3 is 1. The largest absolute Gasteiger partial charge is 0.388 e. The number of likely N-dealkylation sites (tertiary alicyclic amines) is 1. The van der Waals surface area contributed by atoms with Crippen molar-refractivity contribution < 1.29 is 14.6 Å². The van der Waals surface area contributed by atoms with Crippen LogP contribution < -0.4 is 5.32 Å². The molecule has 1 amide bonds. The molecule has 23 heavy (non-hydrogen) atoms. The molecule has 2 atom stereocenters. The lowest BCUT2D eigenvalue weighted by Gasteiger charge is -2.27. The molecule has 6 heteroatoms. The Morgan fingerprint density at radius 1 is 1.43 bits per heavy atom. The molecule has 1 fully saturated rings. The summed E-state index contributed by atoms with van der Waals surface area (Å²) in [5.74, 6) is 0.110. The van der Waals surface area contributed by atoms with Crippen LogP contribution in [0.25, 0.3) is 0 Å². The van der Waals surface area contributed by atoms with Crippen LogP contribution in [-0.2, 0) is 9.53 Å². The number of nitrogens with zero attached hydrogens (tertiary/aromatic N) is 1. The zero-order valence-corrected chi connectivity index (χ0v) is 14.4. The van der Waals surface area contributed by atoms with E-state index < -0.39 is 6.10 Å². The summed E-state index contributed by atoms with van der Waals surface area (Å²) in [6, 6.07) is 9.78. The number of rotatable bonds is 8. The normalized spacial score (nSPS) is 18.5. The van der Waals surface area contributed by atoms with Gasteiger partial charge in [-0.1, -0.05) is 30.3 Å². The molecule has 1 saturated heterocycles. The molecular formula is C17H27ClN2O3. The lowest BCUT2D eigenvalue weighted by molar-refractivity contribution is -0.131. The van der Waals surface area contributed by atoms with Gasteiger partial charge >= 0.3 is 0 Å². The Morgan fingerprint density at radius 2 is 2.17 bits per heavy atom. The highest BCUT2D eigenvalue weighted by Gasteiger charge is 2.30. The number of aliphatic hydroxyl groups excluding tert-OH is 1. The fourth-order valence-electron chi connectivity index (χ4n) is 2.95. The van der Waals surface area contributed by atoms with E-state index in [2.05, 4.69) is 5.32 Å². The fraction of sp³-hybridized carbons (Fsp3) is 0.588. The molecule has 0 spiro atoms. The highest BCUT2D eigenvalue weighted by molar-refractivity contribution is 5.85. The highest BCUT2D eigenvalue weighted by Crippen LogP contribution is 2.27. The molecule has 0 saturated carbocycles. The number of benzene rings is 1. The van der Waals surface area contributed by atoms with Gasteiger partial charge in [0.1, 0.15) is 0 Å². The Labute approximate surface area is 144 Å². The monoisotopic (exact) mass is 342 g/mol. The summed E-state index contributed by atoms with van der Waals surface area (Å²) in [5, 5.41) is 13.4. The number of hydrogen-bond acceptors (Lipinski definition) is 4. The maximum atomic E-state index is 12.3. The van der Waals surface area contributed by atoms with Crippen molar-refractivity contribution in [3.8, 4) is 0 Å². The number of aliphatic hydroxyl groups is 1. The van der Waals surface area contributed by atoms with Gasteiger partial charge in [-0.25, -0.2) is 0 Å². The summed E-state index contributed by atoms with van der Waals surface area (Å²) >= 11 is 0. The molecule has 1 aliphatic heterocycles. The minimum atomic E-state index is -0.513. The molecule has 0 aliphatic carbocycles. The van der Waals surface area contributed by atoms with Crippen molar-refractivity contribution in [2.75, 3.05) is 33.4 Å². The van der Waals surface area contributed by atoms with Crippen molar-refractivity contribution in [3.05, 3.63) is 35.9 Å². The van der Waals surface area contributed by atoms with Crippen molar-refractivity contribution in [2.45, 2.75) is 31.4 Å². The number of ether oxygens (including phenoxy) is 1. The Bertz CT molecular complexity index is 458. The van der Waals surface area contributed by atoms with Crippen LogP contribution >= 0.6 is 12.4 Å². The SMILES string of the molecule is COCCNCC(=O)N1CCCC1CC(O)c1ccccc1.Cl. The van der Waals surface area contributed by atoms with Crippen LogP contribution in [0.2, 0.25) is 0 Å². The maximum absolute atomic E-state index is 12.3. The second kappa shape index (κ2) is 10.6. The molecule has 0 aromatic heterocycles. The van der Waals surface area contributed by atoms with E-state index in [1.807, 2.05) is 35.2 Å². The number of amides is 1. The first-order valence-electron chi connectivity index (χ1n) is 7.94. The summed E-state index contributed by atoms with van der Waals surface area (Å²) in [6.07, 6.45) is 2.07. The third-order valence-electron chi connectivity index (χ3n) is 4.14. The van der Waals surface area contributed by atoms with Gasteiger partial charge in [0.05, 0.1) is 19.3 Å². The first-order chi connectivity index (χ1) is 10.7. The number of carbonyl (C=O) groups excluding carboxylic acids is 1. The number of hydrogen-bond donors (Lipinski definition) is 2. The maximum Gasteiger partial charge on any atom is 0.236 e. The lowest BCUT2D eigenvalue weighted by atomic mass is 10.0. The van der Waals surface area contributed by atoms with Gasteiger partial charge in [-0.3, -0.25) is 4.79 Å². The van der Waals surface area contributed by atoms with E-state index in [-0.39, 0.29) is 24.4 Å². The molecule has 130 valence electrons. The molecule has 1 heterocycles. The van der Waals surface area contributed by atoms with Crippen molar-refractivity contribution in [2.24, 2.45) is 0 Å². The Balaban J connectivity index is 0.00000264. The molecule has 1 aliphatic rings. The van der Waals surface area contributed by atoms with Gasteiger partial charge in [-0.2, -0.15) is 0 Å². The Hall–Kier alpha value is -1.14. The zero-order valence-electron chi connectivity index (χ0n) is 13.6. The third-order valence-corrected chi connectivity index (χ3v) is 4.14. The van der Waals surface area contributed by atoms with E-state index in [1.54, 1.807) is 7.11 Å². The minimum absolute atomic E-state index is 0. The average molecular weight is 343 g/mol. The molecule has 0 radical (unpaired) electrons.